The molecule has 0 radical (unpaired) electrons. The Hall–Kier alpha value is -1.59. The molecule has 1 aliphatic heterocycles. The smallest absolute Gasteiger partial charge is 0.175 e. The molecule has 1 aromatic carbocycles. The third-order valence-corrected chi connectivity index (χ3v) is 3.95. The minimum Gasteiger partial charge on any atom is -0.490 e. The number of aromatic nitrogens is 1. The number of pyridine rings is 1. The summed E-state index contributed by atoms with van der Waals surface area (Å²) >= 11 is 3.49. The third-order valence-electron chi connectivity index (χ3n) is 3.36. The van der Waals surface area contributed by atoms with Crippen LogP contribution in [0.4, 0.5) is 0 Å². The van der Waals surface area contributed by atoms with E-state index >= 15 is 0 Å². The highest BCUT2D eigenvalue weighted by atomic mass is 79.9. The van der Waals surface area contributed by atoms with Gasteiger partial charge in [-0.15, -0.1) is 0 Å². The Morgan fingerprint density at radius 2 is 2.14 bits per heavy atom. The summed E-state index contributed by atoms with van der Waals surface area (Å²) in [6.45, 7) is 1.27. The summed E-state index contributed by atoms with van der Waals surface area (Å²) in [7, 11) is 0. The zero-order chi connectivity index (χ0) is 14.7. The van der Waals surface area contributed by atoms with Crippen molar-refractivity contribution in [3.63, 3.8) is 0 Å². The van der Waals surface area contributed by atoms with E-state index < -0.39 is 6.10 Å². The molecule has 2 heterocycles. The third kappa shape index (κ3) is 3.36. The van der Waals surface area contributed by atoms with Crippen LogP contribution in [0, 0.1) is 0 Å². The fourth-order valence-corrected chi connectivity index (χ4v) is 2.88. The number of nitrogens with zero attached hydrogens (tertiary/aromatic N) is 1. The van der Waals surface area contributed by atoms with Crippen LogP contribution < -0.4 is 9.47 Å². The van der Waals surface area contributed by atoms with E-state index in [9.17, 15) is 5.11 Å². The fraction of sp³-hybridized carbons (Fsp3) is 0.312. The Morgan fingerprint density at radius 3 is 2.95 bits per heavy atom. The topological polar surface area (TPSA) is 51.6 Å². The minimum absolute atomic E-state index is 0.514. The largest absolute Gasteiger partial charge is 0.490 e. The van der Waals surface area contributed by atoms with Gasteiger partial charge in [0.2, 0.25) is 0 Å². The molecule has 2 aromatic rings. The average Bonchev–Trinajstić information content (AvgIpc) is 2.74. The van der Waals surface area contributed by atoms with Gasteiger partial charge in [-0.05, 0) is 45.3 Å². The molecule has 1 aliphatic rings. The summed E-state index contributed by atoms with van der Waals surface area (Å²) in [4.78, 5) is 4.07. The molecule has 21 heavy (non-hydrogen) atoms. The Bertz CT molecular complexity index is 618. The maximum atomic E-state index is 10.4. The van der Waals surface area contributed by atoms with E-state index in [0.717, 1.165) is 22.0 Å². The first kappa shape index (κ1) is 14.4. The zero-order valence-corrected chi connectivity index (χ0v) is 13.0. The van der Waals surface area contributed by atoms with Crippen molar-refractivity contribution >= 4 is 15.9 Å². The van der Waals surface area contributed by atoms with Crippen molar-refractivity contribution in [2.75, 3.05) is 13.2 Å². The van der Waals surface area contributed by atoms with Gasteiger partial charge in [-0.1, -0.05) is 6.07 Å². The molecule has 0 saturated carbocycles. The standard InChI is InChI=1S/C16H16BrNO3/c17-13-8-12(9-15-16(13)21-6-2-5-20-15)14(19)7-11-3-1-4-18-10-11/h1,3-4,8-10,14,19H,2,5-7H2. The first-order chi connectivity index (χ1) is 10.2. The molecule has 0 aliphatic carbocycles. The number of hydrogen-bond acceptors (Lipinski definition) is 4. The lowest BCUT2D eigenvalue weighted by Gasteiger charge is -2.15. The van der Waals surface area contributed by atoms with Crippen LogP contribution in [0.15, 0.2) is 41.1 Å². The quantitative estimate of drug-likeness (QED) is 0.923. The first-order valence-electron chi connectivity index (χ1n) is 6.90. The lowest BCUT2D eigenvalue weighted by molar-refractivity contribution is 0.177. The van der Waals surface area contributed by atoms with Crippen molar-refractivity contribution in [2.45, 2.75) is 18.9 Å². The highest BCUT2D eigenvalue weighted by Gasteiger charge is 2.18. The van der Waals surface area contributed by atoms with Crippen LogP contribution in [0.1, 0.15) is 23.7 Å². The maximum Gasteiger partial charge on any atom is 0.175 e. The van der Waals surface area contributed by atoms with Crippen molar-refractivity contribution in [1.29, 1.82) is 0 Å². The zero-order valence-electron chi connectivity index (χ0n) is 11.5. The van der Waals surface area contributed by atoms with Crippen LogP contribution in [0.25, 0.3) is 0 Å². The Balaban J connectivity index is 1.85. The molecule has 0 amide bonds. The number of aliphatic hydroxyl groups excluding tert-OH is 1. The van der Waals surface area contributed by atoms with Gasteiger partial charge in [-0.3, -0.25) is 4.98 Å². The molecule has 0 fully saturated rings. The van der Waals surface area contributed by atoms with Gasteiger partial charge in [0, 0.05) is 25.2 Å². The molecule has 0 bridgehead atoms. The molecule has 3 rings (SSSR count). The number of halogens is 1. The van der Waals surface area contributed by atoms with Crippen LogP contribution in [0.3, 0.4) is 0 Å². The molecular formula is C16H16BrNO3. The number of fused-ring (bicyclic) bond motifs is 1. The van der Waals surface area contributed by atoms with Crippen molar-refractivity contribution in [2.24, 2.45) is 0 Å². The highest BCUT2D eigenvalue weighted by molar-refractivity contribution is 9.10. The van der Waals surface area contributed by atoms with E-state index in [2.05, 4.69) is 20.9 Å². The number of ether oxygens (including phenoxy) is 2. The molecular weight excluding hydrogens is 334 g/mol. The van der Waals surface area contributed by atoms with E-state index in [-0.39, 0.29) is 0 Å². The van der Waals surface area contributed by atoms with E-state index in [0.29, 0.717) is 31.1 Å². The lowest BCUT2D eigenvalue weighted by atomic mass is 10.0. The van der Waals surface area contributed by atoms with Crippen LogP contribution >= 0.6 is 15.9 Å². The fourth-order valence-electron chi connectivity index (χ4n) is 2.30. The molecule has 1 aromatic heterocycles. The van der Waals surface area contributed by atoms with Gasteiger partial charge in [0.25, 0.3) is 0 Å². The van der Waals surface area contributed by atoms with Crippen LogP contribution in [-0.2, 0) is 6.42 Å². The summed E-state index contributed by atoms with van der Waals surface area (Å²) < 4.78 is 12.2. The molecule has 1 unspecified atom stereocenters. The van der Waals surface area contributed by atoms with Gasteiger partial charge in [-0.2, -0.15) is 0 Å². The van der Waals surface area contributed by atoms with Crippen molar-refractivity contribution in [3.05, 3.63) is 52.3 Å². The summed E-state index contributed by atoms with van der Waals surface area (Å²) in [6, 6.07) is 7.56. The first-order valence-corrected chi connectivity index (χ1v) is 7.69. The van der Waals surface area contributed by atoms with Gasteiger partial charge in [0.1, 0.15) is 0 Å². The number of rotatable bonds is 3. The van der Waals surface area contributed by atoms with E-state index in [1.807, 2.05) is 24.3 Å². The second kappa shape index (κ2) is 6.45. The number of hydrogen-bond donors (Lipinski definition) is 1. The van der Waals surface area contributed by atoms with Gasteiger partial charge >= 0.3 is 0 Å². The van der Waals surface area contributed by atoms with Gasteiger partial charge in [0.15, 0.2) is 11.5 Å². The number of benzene rings is 1. The van der Waals surface area contributed by atoms with Crippen LogP contribution in [0.2, 0.25) is 0 Å². The predicted molar refractivity (Wildman–Crippen MR) is 82.6 cm³/mol. The minimum atomic E-state index is -0.609. The summed E-state index contributed by atoms with van der Waals surface area (Å²) in [5.74, 6) is 1.40. The summed E-state index contributed by atoms with van der Waals surface area (Å²) in [5, 5.41) is 10.4. The van der Waals surface area contributed by atoms with Crippen LogP contribution in [-0.4, -0.2) is 23.3 Å². The van der Waals surface area contributed by atoms with Crippen molar-refractivity contribution < 1.29 is 14.6 Å². The van der Waals surface area contributed by atoms with Gasteiger partial charge in [-0.25, -0.2) is 0 Å². The molecule has 1 N–H and O–H groups in total. The van der Waals surface area contributed by atoms with E-state index in [4.69, 9.17) is 9.47 Å². The van der Waals surface area contributed by atoms with Crippen molar-refractivity contribution in [3.8, 4) is 11.5 Å². The lowest BCUT2D eigenvalue weighted by Crippen LogP contribution is -2.03. The maximum absolute atomic E-state index is 10.4. The second-order valence-corrected chi connectivity index (χ2v) is 5.82. The Kier molecular flexibility index (Phi) is 4.41. The average molecular weight is 350 g/mol. The number of aliphatic hydroxyl groups is 1. The van der Waals surface area contributed by atoms with Gasteiger partial charge in [0.05, 0.1) is 23.8 Å². The predicted octanol–water partition coefficient (Wildman–Crippen LogP) is 3.28. The van der Waals surface area contributed by atoms with E-state index in [1.54, 1.807) is 12.4 Å². The molecule has 5 heteroatoms. The molecule has 1 atom stereocenters. The molecule has 110 valence electrons. The Morgan fingerprint density at radius 1 is 1.29 bits per heavy atom. The van der Waals surface area contributed by atoms with Crippen LogP contribution in [0.5, 0.6) is 11.5 Å². The SMILES string of the molecule is OC(Cc1cccnc1)c1cc(Br)c2c(c1)OCCCO2. The normalized spacial score (nSPS) is 15.3. The molecule has 0 saturated heterocycles. The second-order valence-electron chi connectivity index (χ2n) is 4.96. The summed E-state index contributed by atoms with van der Waals surface area (Å²) in [5.41, 5.74) is 1.79. The Labute approximate surface area is 131 Å². The van der Waals surface area contributed by atoms with Crippen molar-refractivity contribution in [1.82, 2.24) is 4.98 Å². The summed E-state index contributed by atoms with van der Waals surface area (Å²) in [6.07, 6.45) is 4.25. The van der Waals surface area contributed by atoms with E-state index in [1.165, 1.54) is 0 Å². The van der Waals surface area contributed by atoms with Gasteiger partial charge < -0.3 is 14.6 Å². The molecule has 4 nitrogen and oxygen atoms in total. The monoisotopic (exact) mass is 349 g/mol. The highest BCUT2D eigenvalue weighted by Crippen LogP contribution is 2.39. The molecule has 0 spiro atoms.